The van der Waals surface area contributed by atoms with Gasteiger partial charge in [-0.25, -0.2) is 4.98 Å². The minimum Gasteiger partial charge on any atom is -0.381 e. The predicted octanol–water partition coefficient (Wildman–Crippen LogP) is 0.950. The summed E-state index contributed by atoms with van der Waals surface area (Å²) in [6.07, 6.45) is 2.55. The third-order valence-electron chi connectivity index (χ3n) is 3.38. The van der Waals surface area contributed by atoms with Gasteiger partial charge in [-0.2, -0.15) is 5.26 Å². The van der Waals surface area contributed by atoms with Crippen LogP contribution in [-0.4, -0.2) is 43.7 Å². The zero-order chi connectivity index (χ0) is 14.6. The van der Waals surface area contributed by atoms with Crippen LogP contribution in [0, 0.1) is 11.3 Å². The van der Waals surface area contributed by atoms with Crippen molar-refractivity contribution in [2.45, 2.75) is 18.4 Å². The molecule has 0 aromatic carbocycles. The first kappa shape index (κ1) is 14.3. The number of aromatic nitrogens is 1. The molecule has 0 unspecified atom stereocenters. The van der Waals surface area contributed by atoms with E-state index in [0.717, 1.165) is 5.82 Å². The summed E-state index contributed by atoms with van der Waals surface area (Å²) in [5.41, 5.74) is -0.369. The fraction of sp³-hybridized carbons (Fsp3) is 0.500. The Morgan fingerprint density at radius 1 is 1.45 bits per heavy atom. The lowest BCUT2D eigenvalue weighted by atomic mass is 9.91. The molecule has 0 spiro atoms. The summed E-state index contributed by atoms with van der Waals surface area (Å²) in [5, 5.41) is 12.1. The molecule has 106 valence electrons. The van der Waals surface area contributed by atoms with Crippen LogP contribution in [-0.2, 0) is 4.74 Å². The Labute approximate surface area is 118 Å². The highest BCUT2D eigenvalue weighted by Gasteiger charge is 2.34. The number of nitrogens with zero attached hydrogens (tertiary/aromatic N) is 3. The van der Waals surface area contributed by atoms with Gasteiger partial charge in [0.1, 0.15) is 11.4 Å². The quantitative estimate of drug-likeness (QED) is 0.888. The van der Waals surface area contributed by atoms with Gasteiger partial charge in [-0.1, -0.05) is 0 Å². The van der Waals surface area contributed by atoms with Gasteiger partial charge >= 0.3 is 0 Å². The van der Waals surface area contributed by atoms with E-state index >= 15 is 0 Å². The van der Waals surface area contributed by atoms with E-state index in [1.807, 2.05) is 19.0 Å². The van der Waals surface area contributed by atoms with E-state index in [4.69, 9.17) is 4.74 Å². The second-order valence-corrected chi connectivity index (χ2v) is 5.06. The topological polar surface area (TPSA) is 78.2 Å². The molecule has 0 atom stereocenters. The number of nitrogens with one attached hydrogen (secondary N) is 1. The first-order valence-corrected chi connectivity index (χ1v) is 6.51. The minimum atomic E-state index is -0.824. The zero-order valence-corrected chi connectivity index (χ0v) is 11.7. The molecule has 0 bridgehead atoms. The Morgan fingerprint density at radius 3 is 2.65 bits per heavy atom. The summed E-state index contributed by atoms with van der Waals surface area (Å²) >= 11 is 0. The van der Waals surface area contributed by atoms with Crippen LogP contribution in [0.25, 0.3) is 0 Å². The number of carbonyl (C=O) groups is 1. The Bertz CT molecular complexity index is 513. The number of rotatable bonds is 3. The molecule has 1 saturated heterocycles. The summed E-state index contributed by atoms with van der Waals surface area (Å²) in [6, 6.07) is 5.69. The number of anilines is 1. The van der Waals surface area contributed by atoms with Crippen LogP contribution in [0.5, 0.6) is 0 Å². The summed E-state index contributed by atoms with van der Waals surface area (Å²) in [7, 11) is 3.77. The number of pyridine rings is 1. The van der Waals surface area contributed by atoms with E-state index in [-0.39, 0.29) is 5.91 Å². The van der Waals surface area contributed by atoms with Crippen LogP contribution in [0.15, 0.2) is 18.3 Å². The van der Waals surface area contributed by atoms with Crippen molar-refractivity contribution in [2.75, 3.05) is 32.2 Å². The molecule has 1 N–H and O–H groups in total. The van der Waals surface area contributed by atoms with Crippen molar-refractivity contribution >= 4 is 11.7 Å². The van der Waals surface area contributed by atoms with Crippen molar-refractivity contribution < 1.29 is 9.53 Å². The van der Waals surface area contributed by atoms with Crippen molar-refractivity contribution in [3.8, 4) is 6.07 Å². The summed E-state index contributed by atoms with van der Waals surface area (Å²) in [6.45, 7) is 0.983. The SMILES string of the molecule is CN(C)c1ccc(C(=O)NC2(C#N)CCOCC2)cn1. The Balaban J connectivity index is 2.09. The van der Waals surface area contributed by atoms with Crippen molar-refractivity contribution in [3.63, 3.8) is 0 Å². The van der Waals surface area contributed by atoms with E-state index in [0.29, 0.717) is 31.6 Å². The van der Waals surface area contributed by atoms with Crippen LogP contribution in [0.2, 0.25) is 0 Å². The van der Waals surface area contributed by atoms with Crippen LogP contribution in [0.3, 0.4) is 0 Å². The van der Waals surface area contributed by atoms with Crippen molar-refractivity contribution in [2.24, 2.45) is 0 Å². The number of carbonyl (C=O) groups excluding carboxylic acids is 1. The molecular formula is C14H18N4O2. The van der Waals surface area contributed by atoms with E-state index in [2.05, 4.69) is 16.4 Å². The smallest absolute Gasteiger partial charge is 0.254 e. The molecule has 2 heterocycles. The Morgan fingerprint density at radius 2 is 2.15 bits per heavy atom. The highest BCUT2D eigenvalue weighted by atomic mass is 16.5. The number of ether oxygens (including phenoxy) is 1. The molecule has 1 aromatic rings. The lowest BCUT2D eigenvalue weighted by Gasteiger charge is -2.31. The molecule has 1 amide bonds. The Kier molecular flexibility index (Phi) is 4.20. The normalized spacial score (nSPS) is 17.1. The minimum absolute atomic E-state index is 0.272. The third-order valence-corrected chi connectivity index (χ3v) is 3.38. The van der Waals surface area contributed by atoms with E-state index in [9.17, 15) is 10.1 Å². The Hall–Kier alpha value is -2.13. The van der Waals surface area contributed by atoms with E-state index in [1.54, 1.807) is 12.1 Å². The molecule has 0 aliphatic carbocycles. The first-order valence-electron chi connectivity index (χ1n) is 6.51. The van der Waals surface area contributed by atoms with Crippen LogP contribution >= 0.6 is 0 Å². The molecule has 6 heteroatoms. The standard InChI is InChI=1S/C14H18N4O2/c1-18(2)12-4-3-11(9-16-12)13(19)17-14(10-15)5-7-20-8-6-14/h3-4,9H,5-8H2,1-2H3,(H,17,19). The summed E-state index contributed by atoms with van der Waals surface area (Å²) in [5.74, 6) is 0.508. The van der Waals surface area contributed by atoms with Gasteiger partial charge in [0.25, 0.3) is 5.91 Å². The molecule has 1 fully saturated rings. The number of hydrogen-bond acceptors (Lipinski definition) is 5. The fourth-order valence-corrected chi connectivity index (χ4v) is 2.06. The average molecular weight is 274 g/mol. The average Bonchev–Trinajstić information content (AvgIpc) is 2.48. The number of amides is 1. The maximum absolute atomic E-state index is 12.2. The van der Waals surface area contributed by atoms with Gasteiger partial charge in [0.2, 0.25) is 0 Å². The summed E-state index contributed by atoms with van der Waals surface area (Å²) < 4.78 is 5.24. The fourth-order valence-electron chi connectivity index (χ4n) is 2.06. The van der Waals surface area contributed by atoms with E-state index in [1.165, 1.54) is 6.20 Å². The second-order valence-electron chi connectivity index (χ2n) is 5.06. The molecule has 2 rings (SSSR count). The number of nitriles is 1. The van der Waals surface area contributed by atoms with Crippen LogP contribution in [0.1, 0.15) is 23.2 Å². The van der Waals surface area contributed by atoms with Gasteiger partial charge in [0.15, 0.2) is 0 Å². The van der Waals surface area contributed by atoms with Gasteiger partial charge in [-0.3, -0.25) is 4.79 Å². The number of hydrogen-bond donors (Lipinski definition) is 1. The first-order chi connectivity index (χ1) is 9.56. The van der Waals surface area contributed by atoms with Crippen molar-refractivity contribution in [1.82, 2.24) is 10.3 Å². The van der Waals surface area contributed by atoms with Crippen molar-refractivity contribution in [1.29, 1.82) is 5.26 Å². The van der Waals surface area contributed by atoms with E-state index < -0.39 is 5.54 Å². The zero-order valence-electron chi connectivity index (χ0n) is 11.7. The molecule has 1 aromatic heterocycles. The molecule has 1 aliphatic rings. The monoisotopic (exact) mass is 274 g/mol. The van der Waals surface area contributed by atoms with Gasteiger partial charge in [-0.05, 0) is 12.1 Å². The van der Waals surface area contributed by atoms with Gasteiger partial charge in [0, 0.05) is 46.3 Å². The molecule has 20 heavy (non-hydrogen) atoms. The lowest BCUT2D eigenvalue weighted by molar-refractivity contribution is 0.0531. The summed E-state index contributed by atoms with van der Waals surface area (Å²) in [4.78, 5) is 18.3. The van der Waals surface area contributed by atoms with Crippen LogP contribution < -0.4 is 10.2 Å². The van der Waals surface area contributed by atoms with Gasteiger partial charge in [-0.15, -0.1) is 0 Å². The van der Waals surface area contributed by atoms with Gasteiger partial charge < -0.3 is 15.0 Å². The molecule has 0 radical (unpaired) electrons. The van der Waals surface area contributed by atoms with Gasteiger partial charge in [0.05, 0.1) is 11.6 Å². The third kappa shape index (κ3) is 3.06. The highest BCUT2D eigenvalue weighted by molar-refractivity contribution is 5.94. The second kappa shape index (κ2) is 5.88. The molecule has 0 saturated carbocycles. The molecular weight excluding hydrogens is 256 g/mol. The van der Waals surface area contributed by atoms with Crippen molar-refractivity contribution in [3.05, 3.63) is 23.9 Å². The lowest BCUT2D eigenvalue weighted by Crippen LogP contribution is -2.50. The molecule has 6 nitrogen and oxygen atoms in total. The molecule has 1 aliphatic heterocycles. The van der Waals surface area contributed by atoms with Crippen LogP contribution in [0.4, 0.5) is 5.82 Å². The maximum Gasteiger partial charge on any atom is 0.254 e. The predicted molar refractivity (Wildman–Crippen MR) is 74.4 cm³/mol. The maximum atomic E-state index is 12.2. The highest BCUT2D eigenvalue weighted by Crippen LogP contribution is 2.20. The largest absolute Gasteiger partial charge is 0.381 e.